The van der Waals surface area contributed by atoms with Crippen LogP contribution in [0.25, 0.3) is 118 Å². The molecule has 54 heavy (non-hydrogen) atoms. The zero-order chi connectivity index (χ0) is 35.3. The Labute approximate surface area is 319 Å². The zero-order valence-corrected chi connectivity index (χ0v) is 30.5. The molecule has 0 N–H and O–H groups in total. The Morgan fingerprint density at radius 3 is 1.52 bits per heavy atom. The normalized spacial score (nSPS) is 12.1. The average molecular weight is 721 g/mol. The van der Waals surface area contributed by atoms with Gasteiger partial charge in [0.25, 0.3) is 0 Å². The lowest BCUT2D eigenvalue weighted by atomic mass is 9.94. The fraction of sp³-hybridized carbons (Fsp3) is 0. The fourth-order valence-corrected chi connectivity index (χ4v) is 10.7. The topological polar surface area (TPSA) is 25.8 Å². The molecular formula is C50H28N2S2. The molecule has 8 aromatic carbocycles. The van der Waals surface area contributed by atoms with Gasteiger partial charge in [-0.3, -0.25) is 0 Å². The Morgan fingerprint density at radius 2 is 0.870 bits per heavy atom. The molecule has 0 saturated carbocycles. The van der Waals surface area contributed by atoms with Crippen LogP contribution < -0.4 is 0 Å². The Bertz CT molecular complexity index is 3200. The van der Waals surface area contributed by atoms with Crippen LogP contribution in [0.4, 0.5) is 0 Å². The summed E-state index contributed by atoms with van der Waals surface area (Å²) in [6.45, 7) is 0. The van der Waals surface area contributed by atoms with Gasteiger partial charge in [0.15, 0.2) is 5.82 Å². The Kier molecular flexibility index (Phi) is 6.41. The van der Waals surface area contributed by atoms with Crippen molar-refractivity contribution in [2.75, 3.05) is 0 Å². The van der Waals surface area contributed by atoms with E-state index in [1.54, 1.807) is 0 Å². The number of rotatable bonds is 4. The lowest BCUT2D eigenvalue weighted by molar-refractivity contribution is 1.19. The van der Waals surface area contributed by atoms with E-state index in [-0.39, 0.29) is 0 Å². The Morgan fingerprint density at radius 1 is 0.333 bits per heavy atom. The Hall–Kier alpha value is -6.46. The molecule has 0 bridgehead atoms. The number of thiophene rings is 2. The molecule has 4 heteroatoms. The minimum absolute atomic E-state index is 0.727. The molecule has 0 aliphatic heterocycles. The van der Waals surface area contributed by atoms with Crippen LogP contribution in [0.1, 0.15) is 0 Å². The number of fused-ring (bicyclic) bond motifs is 9. The molecule has 0 atom stereocenters. The predicted molar refractivity (Wildman–Crippen MR) is 231 cm³/mol. The monoisotopic (exact) mass is 720 g/mol. The quantitative estimate of drug-likeness (QED) is 0.181. The van der Waals surface area contributed by atoms with E-state index in [0.717, 1.165) is 45.0 Å². The fourth-order valence-electron chi connectivity index (χ4n) is 8.49. The van der Waals surface area contributed by atoms with E-state index in [9.17, 15) is 0 Å². The maximum Gasteiger partial charge on any atom is 0.160 e. The van der Waals surface area contributed by atoms with E-state index in [1.807, 2.05) is 22.7 Å². The molecule has 0 fully saturated rings. The third-order valence-corrected chi connectivity index (χ3v) is 13.3. The molecule has 11 aromatic rings. The molecule has 0 spiro atoms. The molecule has 12 rings (SSSR count). The van der Waals surface area contributed by atoms with Gasteiger partial charge in [-0.25, -0.2) is 9.97 Å². The van der Waals surface area contributed by atoms with E-state index in [1.165, 1.54) is 73.4 Å². The van der Waals surface area contributed by atoms with Crippen molar-refractivity contribution in [2.24, 2.45) is 0 Å². The summed E-state index contributed by atoms with van der Waals surface area (Å²) in [5, 5.41) is 7.65. The van der Waals surface area contributed by atoms with Gasteiger partial charge in [0.1, 0.15) is 0 Å². The summed E-state index contributed by atoms with van der Waals surface area (Å²) < 4.78 is 5.22. The zero-order valence-electron chi connectivity index (χ0n) is 28.9. The molecule has 3 aromatic heterocycles. The maximum atomic E-state index is 5.48. The van der Waals surface area contributed by atoms with Crippen molar-refractivity contribution in [2.45, 2.75) is 0 Å². The number of benzene rings is 8. The minimum Gasteiger partial charge on any atom is -0.227 e. The first-order valence-electron chi connectivity index (χ1n) is 18.2. The molecule has 0 amide bonds. The van der Waals surface area contributed by atoms with E-state index in [0.29, 0.717) is 0 Å². The molecule has 2 nitrogen and oxygen atoms in total. The highest BCUT2D eigenvalue weighted by molar-refractivity contribution is 7.26. The summed E-state index contributed by atoms with van der Waals surface area (Å²) in [5.41, 5.74) is 12.2. The van der Waals surface area contributed by atoms with Crippen molar-refractivity contribution in [3.63, 3.8) is 0 Å². The number of hydrogen-bond donors (Lipinski definition) is 0. The highest BCUT2D eigenvalue weighted by Gasteiger charge is 2.28. The summed E-state index contributed by atoms with van der Waals surface area (Å²) in [6, 6.07) is 61.9. The summed E-state index contributed by atoms with van der Waals surface area (Å²) in [7, 11) is 0. The average Bonchev–Trinajstić information content (AvgIpc) is 3.91. The van der Waals surface area contributed by atoms with E-state index < -0.39 is 0 Å². The molecule has 3 heterocycles. The Balaban J connectivity index is 1.13. The van der Waals surface area contributed by atoms with Gasteiger partial charge in [0.2, 0.25) is 0 Å². The van der Waals surface area contributed by atoms with Gasteiger partial charge in [0, 0.05) is 62.6 Å². The van der Waals surface area contributed by atoms with Gasteiger partial charge in [0.05, 0.1) is 11.4 Å². The summed E-state index contributed by atoms with van der Waals surface area (Å²) in [4.78, 5) is 11.0. The second-order valence-electron chi connectivity index (χ2n) is 14.1. The maximum absolute atomic E-state index is 5.48. The smallest absolute Gasteiger partial charge is 0.160 e. The van der Waals surface area contributed by atoms with Crippen LogP contribution in [0.2, 0.25) is 0 Å². The van der Waals surface area contributed by atoms with Crippen LogP contribution in [0, 0.1) is 0 Å². The van der Waals surface area contributed by atoms with Crippen LogP contribution in [0.5, 0.6) is 0 Å². The van der Waals surface area contributed by atoms with Crippen LogP contribution in [0.3, 0.4) is 0 Å². The van der Waals surface area contributed by atoms with Crippen molar-refractivity contribution in [1.82, 2.24) is 9.97 Å². The van der Waals surface area contributed by atoms with Crippen molar-refractivity contribution < 1.29 is 0 Å². The van der Waals surface area contributed by atoms with Crippen molar-refractivity contribution in [3.05, 3.63) is 170 Å². The molecule has 1 aliphatic rings. The standard InChI is InChI=1S/C50H28N2S2/c1-2-10-30(11-3-1)48-47-38-16-8-12-29-13-9-17-39(46(29)38)49(47)52-50(51-48)35-25-33(31-20-22-44-40(27-31)36-14-4-6-18-42(36)53-44)24-34(26-35)32-21-23-45-41(28-32)37-15-5-7-19-43(37)54-45/h1-28H. The van der Waals surface area contributed by atoms with Crippen molar-refractivity contribution in [1.29, 1.82) is 0 Å². The van der Waals surface area contributed by atoms with Crippen LogP contribution in [0.15, 0.2) is 170 Å². The first kappa shape index (κ1) is 30.0. The SMILES string of the molecule is c1ccc(-c2nc(-c3cc(-c4ccc5sc6ccccc6c5c4)cc(-c4ccc5sc6ccccc6c5c4)c3)nc3c2-c2cccc4cccc-3c24)cc1. The second-order valence-corrected chi connectivity index (χ2v) is 16.3. The van der Waals surface area contributed by atoms with Crippen LogP contribution in [-0.4, -0.2) is 9.97 Å². The largest absolute Gasteiger partial charge is 0.227 e. The van der Waals surface area contributed by atoms with E-state index >= 15 is 0 Å². The van der Waals surface area contributed by atoms with Gasteiger partial charge >= 0.3 is 0 Å². The first-order chi connectivity index (χ1) is 26.7. The molecule has 0 radical (unpaired) electrons. The molecular weight excluding hydrogens is 693 g/mol. The molecule has 1 aliphatic carbocycles. The van der Waals surface area contributed by atoms with Crippen LogP contribution in [-0.2, 0) is 0 Å². The van der Waals surface area contributed by atoms with Gasteiger partial charge in [-0.15, -0.1) is 22.7 Å². The highest BCUT2D eigenvalue weighted by atomic mass is 32.1. The van der Waals surface area contributed by atoms with Gasteiger partial charge in [-0.1, -0.05) is 115 Å². The third kappa shape index (κ3) is 4.51. The second kappa shape index (κ2) is 11.5. The summed E-state index contributed by atoms with van der Waals surface area (Å²) in [6.07, 6.45) is 0. The third-order valence-electron chi connectivity index (χ3n) is 11.0. The molecule has 250 valence electrons. The van der Waals surface area contributed by atoms with Gasteiger partial charge < -0.3 is 0 Å². The molecule has 0 saturated heterocycles. The predicted octanol–water partition coefficient (Wildman–Crippen LogP) is 14.7. The lowest BCUT2D eigenvalue weighted by Crippen LogP contribution is -1.98. The van der Waals surface area contributed by atoms with Crippen molar-refractivity contribution >= 4 is 73.8 Å². The van der Waals surface area contributed by atoms with Crippen molar-refractivity contribution in [3.8, 4) is 67.3 Å². The number of hydrogen-bond acceptors (Lipinski definition) is 4. The molecule has 0 unspecified atom stereocenters. The first-order valence-corrected chi connectivity index (χ1v) is 19.9. The van der Waals surface area contributed by atoms with Gasteiger partial charge in [-0.05, 0) is 93.2 Å². The van der Waals surface area contributed by atoms with E-state index in [2.05, 4.69) is 170 Å². The summed E-state index contributed by atoms with van der Waals surface area (Å²) in [5.74, 6) is 0.727. The minimum atomic E-state index is 0.727. The van der Waals surface area contributed by atoms with E-state index in [4.69, 9.17) is 9.97 Å². The number of aromatic nitrogens is 2. The van der Waals surface area contributed by atoms with Gasteiger partial charge in [-0.2, -0.15) is 0 Å². The lowest BCUT2D eigenvalue weighted by Gasteiger charge is -2.15. The summed E-state index contributed by atoms with van der Waals surface area (Å²) >= 11 is 3.71. The number of nitrogens with zero attached hydrogens (tertiary/aromatic N) is 2. The highest BCUT2D eigenvalue weighted by Crippen LogP contribution is 2.50. The van der Waals surface area contributed by atoms with Crippen LogP contribution >= 0.6 is 22.7 Å².